The molecule has 0 amide bonds. The molecular formula is C15H20O6. The van der Waals surface area contributed by atoms with Gasteiger partial charge in [0.15, 0.2) is 6.29 Å². The van der Waals surface area contributed by atoms with Crippen LogP contribution in [-0.2, 0) is 20.7 Å². The largest absolute Gasteiger partial charge is 0.463 e. The minimum absolute atomic E-state index is 0.0559. The molecule has 116 valence electrons. The number of aryl methyl sites for hydroxylation is 1. The number of hydrogen-bond acceptors (Lipinski definition) is 6. The average molecular weight is 296 g/mol. The summed E-state index contributed by atoms with van der Waals surface area (Å²) in [7, 11) is 0. The third-order valence-electron chi connectivity index (χ3n) is 3.42. The molecule has 1 fully saturated rings. The fourth-order valence-corrected chi connectivity index (χ4v) is 2.21. The van der Waals surface area contributed by atoms with E-state index in [4.69, 9.17) is 9.47 Å². The Bertz CT molecular complexity index is 449. The molecule has 0 saturated carbocycles. The summed E-state index contributed by atoms with van der Waals surface area (Å²) in [4.78, 5) is 11.6. The zero-order chi connectivity index (χ0) is 15.2. The predicted molar refractivity (Wildman–Crippen MR) is 73.2 cm³/mol. The lowest BCUT2D eigenvalue weighted by atomic mass is 10.0. The second kappa shape index (κ2) is 7.51. The van der Waals surface area contributed by atoms with Gasteiger partial charge in [0.2, 0.25) is 0 Å². The van der Waals surface area contributed by atoms with Gasteiger partial charge >= 0.3 is 5.97 Å². The van der Waals surface area contributed by atoms with E-state index in [-0.39, 0.29) is 19.4 Å². The average Bonchev–Trinajstić information content (AvgIpc) is 2.48. The standard InChI is InChI=1S/C15H20O6/c16-11-8-14(18)21-12(15(11)19)9-20-13(17)7-6-10-4-2-1-3-5-10/h1-5,11-12,14-16,18-19H,6-9H2/t11?,12?,14-,15-/m0/s1. The van der Waals surface area contributed by atoms with Crippen LogP contribution in [0.1, 0.15) is 18.4 Å². The molecule has 6 nitrogen and oxygen atoms in total. The molecule has 0 spiro atoms. The van der Waals surface area contributed by atoms with E-state index in [2.05, 4.69) is 0 Å². The second-order valence-corrected chi connectivity index (χ2v) is 5.09. The Morgan fingerprint density at radius 1 is 1.24 bits per heavy atom. The van der Waals surface area contributed by atoms with Gasteiger partial charge in [-0.3, -0.25) is 4.79 Å². The van der Waals surface area contributed by atoms with Gasteiger partial charge in [0.1, 0.15) is 18.8 Å². The molecule has 2 rings (SSSR count). The van der Waals surface area contributed by atoms with E-state index in [1.54, 1.807) is 0 Å². The van der Waals surface area contributed by atoms with Crippen molar-refractivity contribution in [2.45, 2.75) is 43.9 Å². The first-order valence-electron chi connectivity index (χ1n) is 6.95. The summed E-state index contributed by atoms with van der Waals surface area (Å²) in [6, 6.07) is 9.55. The highest BCUT2D eigenvalue weighted by molar-refractivity contribution is 5.69. The van der Waals surface area contributed by atoms with Crippen LogP contribution in [0.4, 0.5) is 0 Å². The number of aliphatic hydroxyl groups is 3. The maximum atomic E-state index is 11.6. The normalized spacial score (nSPS) is 29.1. The molecule has 1 aliphatic rings. The summed E-state index contributed by atoms with van der Waals surface area (Å²) >= 11 is 0. The highest BCUT2D eigenvalue weighted by atomic mass is 16.6. The monoisotopic (exact) mass is 296 g/mol. The molecule has 1 aliphatic heterocycles. The van der Waals surface area contributed by atoms with E-state index in [1.807, 2.05) is 30.3 Å². The van der Waals surface area contributed by atoms with Crippen molar-refractivity contribution >= 4 is 5.97 Å². The van der Waals surface area contributed by atoms with Crippen LogP contribution < -0.4 is 0 Å². The zero-order valence-electron chi connectivity index (χ0n) is 11.6. The Kier molecular flexibility index (Phi) is 5.69. The van der Waals surface area contributed by atoms with E-state index in [1.165, 1.54) is 0 Å². The van der Waals surface area contributed by atoms with Gasteiger partial charge in [0, 0.05) is 12.8 Å². The fraction of sp³-hybridized carbons (Fsp3) is 0.533. The topological polar surface area (TPSA) is 96.2 Å². The van der Waals surface area contributed by atoms with Crippen molar-refractivity contribution in [1.29, 1.82) is 0 Å². The van der Waals surface area contributed by atoms with E-state index >= 15 is 0 Å². The fourth-order valence-electron chi connectivity index (χ4n) is 2.21. The van der Waals surface area contributed by atoms with Crippen LogP contribution in [0.2, 0.25) is 0 Å². The quantitative estimate of drug-likeness (QED) is 0.662. The van der Waals surface area contributed by atoms with Gasteiger partial charge in [-0.05, 0) is 12.0 Å². The van der Waals surface area contributed by atoms with E-state index in [0.717, 1.165) is 5.56 Å². The Labute approximate surface area is 122 Å². The van der Waals surface area contributed by atoms with Crippen LogP contribution >= 0.6 is 0 Å². The third kappa shape index (κ3) is 4.78. The first-order valence-corrected chi connectivity index (χ1v) is 6.95. The Hall–Kier alpha value is -1.47. The molecule has 2 unspecified atom stereocenters. The Morgan fingerprint density at radius 3 is 2.67 bits per heavy atom. The highest BCUT2D eigenvalue weighted by Gasteiger charge is 2.36. The SMILES string of the molecule is O=C(CCc1ccccc1)OCC1O[C@H](O)CC(O)[C@@H]1O. The number of aliphatic hydroxyl groups excluding tert-OH is 3. The maximum absolute atomic E-state index is 11.6. The number of rotatable bonds is 5. The van der Waals surface area contributed by atoms with Crippen molar-refractivity contribution in [2.75, 3.05) is 6.61 Å². The molecule has 1 saturated heterocycles. The minimum atomic E-state index is -1.17. The van der Waals surface area contributed by atoms with Crippen molar-refractivity contribution in [3.8, 4) is 0 Å². The number of ether oxygens (including phenoxy) is 2. The lowest BCUT2D eigenvalue weighted by Gasteiger charge is -2.34. The molecule has 3 N–H and O–H groups in total. The molecule has 1 aromatic rings. The first kappa shape index (κ1) is 15.9. The zero-order valence-corrected chi connectivity index (χ0v) is 11.6. The number of esters is 1. The van der Waals surface area contributed by atoms with Gasteiger partial charge in [-0.15, -0.1) is 0 Å². The molecule has 0 bridgehead atoms. The van der Waals surface area contributed by atoms with Gasteiger partial charge < -0.3 is 24.8 Å². The predicted octanol–water partition coefficient (Wildman–Crippen LogP) is -0.00850. The van der Waals surface area contributed by atoms with Crippen LogP contribution in [0.5, 0.6) is 0 Å². The van der Waals surface area contributed by atoms with Gasteiger partial charge in [0.25, 0.3) is 0 Å². The first-order chi connectivity index (χ1) is 10.1. The lowest BCUT2D eigenvalue weighted by molar-refractivity contribution is -0.242. The summed E-state index contributed by atoms with van der Waals surface area (Å²) < 4.78 is 10.1. The Morgan fingerprint density at radius 2 is 1.95 bits per heavy atom. The van der Waals surface area contributed by atoms with Gasteiger partial charge in [-0.25, -0.2) is 0 Å². The maximum Gasteiger partial charge on any atom is 0.306 e. The van der Waals surface area contributed by atoms with Crippen molar-refractivity contribution < 1.29 is 29.6 Å². The van der Waals surface area contributed by atoms with Crippen molar-refractivity contribution in [3.05, 3.63) is 35.9 Å². The molecule has 0 aliphatic carbocycles. The summed E-state index contributed by atoms with van der Waals surface area (Å²) in [6.07, 6.45) is -3.59. The number of hydrogen-bond donors (Lipinski definition) is 3. The van der Waals surface area contributed by atoms with Crippen LogP contribution in [0.15, 0.2) is 30.3 Å². The number of carbonyl (C=O) groups is 1. The molecule has 1 heterocycles. The molecular weight excluding hydrogens is 276 g/mol. The second-order valence-electron chi connectivity index (χ2n) is 5.09. The van der Waals surface area contributed by atoms with Crippen LogP contribution in [-0.4, -0.2) is 52.5 Å². The molecule has 21 heavy (non-hydrogen) atoms. The van der Waals surface area contributed by atoms with Crippen LogP contribution in [0.3, 0.4) is 0 Å². The molecule has 1 aromatic carbocycles. The minimum Gasteiger partial charge on any atom is -0.463 e. The molecule has 0 aromatic heterocycles. The van der Waals surface area contributed by atoms with Crippen molar-refractivity contribution in [1.82, 2.24) is 0 Å². The van der Waals surface area contributed by atoms with E-state index in [0.29, 0.717) is 6.42 Å². The van der Waals surface area contributed by atoms with Gasteiger partial charge in [0.05, 0.1) is 6.10 Å². The van der Waals surface area contributed by atoms with Crippen molar-refractivity contribution in [3.63, 3.8) is 0 Å². The summed E-state index contributed by atoms with van der Waals surface area (Å²) in [5.41, 5.74) is 1.04. The van der Waals surface area contributed by atoms with Gasteiger partial charge in [-0.2, -0.15) is 0 Å². The highest BCUT2D eigenvalue weighted by Crippen LogP contribution is 2.19. The molecule has 0 radical (unpaired) electrons. The summed E-state index contributed by atoms with van der Waals surface area (Å²) in [5, 5.41) is 28.6. The van der Waals surface area contributed by atoms with Gasteiger partial charge in [-0.1, -0.05) is 30.3 Å². The van der Waals surface area contributed by atoms with E-state index < -0.39 is 30.6 Å². The number of benzene rings is 1. The Balaban J connectivity index is 1.73. The molecule has 4 atom stereocenters. The third-order valence-corrected chi connectivity index (χ3v) is 3.42. The number of carbonyl (C=O) groups excluding carboxylic acids is 1. The molecule has 6 heteroatoms. The van der Waals surface area contributed by atoms with E-state index in [9.17, 15) is 20.1 Å². The lowest BCUT2D eigenvalue weighted by Crippen LogP contribution is -2.50. The summed E-state index contributed by atoms with van der Waals surface area (Å²) in [6.45, 7) is -0.192. The smallest absolute Gasteiger partial charge is 0.306 e. The summed E-state index contributed by atoms with van der Waals surface area (Å²) in [5.74, 6) is -0.413. The van der Waals surface area contributed by atoms with Crippen LogP contribution in [0, 0.1) is 0 Å². The van der Waals surface area contributed by atoms with Crippen LogP contribution in [0.25, 0.3) is 0 Å². The van der Waals surface area contributed by atoms with Crippen molar-refractivity contribution in [2.24, 2.45) is 0 Å².